The summed E-state index contributed by atoms with van der Waals surface area (Å²) in [5.74, 6) is -0.299. The number of para-hydroxylation sites is 1. The Morgan fingerprint density at radius 2 is 1.53 bits per heavy atom. The number of nitrogens with zero attached hydrogens (tertiary/aromatic N) is 1. The van der Waals surface area contributed by atoms with Gasteiger partial charge in [0.1, 0.15) is 0 Å². The van der Waals surface area contributed by atoms with Crippen LogP contribution in [0.5, 0.6) is 0 Å². The van der Waals surface area contributed by atoms with Gasteiger partial charge in [0, 0.05) is 16.6 Å². The molecule has 1 heterocycles. The number of nitrogens with one attached hydrogen (secondary N) is 1. The molecule has 4 rings (SSSR count). The number of hydrogen-bond donors (Lipinski definition) is 2. The number of rotatable bonds is 4. The average molecular weight is 417 g/mol. The molecular weight excluding hydrogens is 398 g/mol. The number of nitrogens with two attached hydrogens (primary N) is 1. The van der Waals surface area contributed by atoms with Crippen LogP contribution in [0.25, 0.3) is 22.2 Å². The van der Waals surface area contributed by atoms with Crippen molar-refractivity contribution in [1.82, 2.24) is 4.98 Å². The van der Waals surface area contributed by atoms with E-state index in [0.717, 1.165) is 27.7 Å². The fourth-order valence-electron chi connectivity index (χ4n) is 3.40. The molecular formula is C23H19N3O3S. The fourth-order valence-corrected chi connectivity index (χ4v) is 3.91. The second-order valence-corrected chi connectivity index (χ2v) is 8.43. The zero-order valence-electron chi connectivity index (χ0n) is 16.2. The first kappa shape index (κ1) is 19.8. The van der Waals surface area contributed by atoms with Gasteiger partial charge in [-0.2, -0.15) is 0 Å². The van der Waals surface area contributed by atoms with E-state index in [4.69, 9.17) is 10.1 Å². The fraction of sp³-hybridized carbons (Fsp3) is 0.0435. The van der Waals surface area contributed by atoms with Crippen molar-refractivity contribution < 1.29 is 13.2 Å². The van der Waals surface area contributed by atoms with Crippen molar-refractivity contribution in [3.8, 4) is 11.3 Å². The number of primary sulfonamides is 1. The SMILES string of the molecule is Cc1c(-c2ccccc2)nc2ccccc2c1C(=O)Nc1ccc(S(N)(=O)=O)cc1. The highest BCUT2D eigenvalue weighted by Crippen LogP contribution is 2.30. The largest absolute Gasteiger partial charge is 0.322 e. The first-order valence-corrected chi connectivity index (χ1v) is 10.8. The summed E-state index contributed by atoms with van der Waals surface area (Å²) in [6.07, 6.45) is 0. The molecule has 0 radical (unpaired) electrons. The summed E-state index contributed by atoms with van der Waals surface area (Å²) < 4.78 is 22.9. The Hall–Kier alpha value is -3.55. The van der Waals surface area contributed by atoms with Crippen LogP contribution in [0.15, 0.2) is 83.8 Å². The Kier molecular flexibility index (Phi) is 5.07. The highest BCUT2D eigenvalue weighted by molar-refractivity contribution is 7.89. The third kappa shape index (κ3) is 3.80. The number of carbonyl (C=O) groups excluding carboxylic acids is 1. The van der Waals surface area contributed by atoms with Crippen molar-refractivity contribution in [3.63, 3.8) is 0 Å². The van der Waals surface area contributed by atoms with Crippen LogP contribution in [0.3, 0.4) is 0 Å². The number of sulfonamides is 1. The molecule has 0 spiro atoms. The van der Waals surface area contributed by atoms with Crippen molar-refractivity contribution >= 4 is 32.5 Å². The molecule has 6 nitrogen and oxygen atoms in total. The molecule has 0 atom stereocenters. The van der Waals surface area contributed by atoms with E-state index < -0.39 is 10.0 Å². The van der Waals surface area contributed by atoms with Gasteiger partial charge in [-0.15, -0.1) is 0 Å². The minimum absolute atomic E-state index is 0.0163. The lowest BCUT2D eigenvalue weighted by atomic mass is 9.97. The Balaban J connectivity index is 1.79. The van der Waals surface area contributed by atoms with E-state index in [-0.39, 0.29) is 10.8 Å². The lowest BCUT2D eigenvalue weighted by Crippen LogP contribution is -2.16. The number of amides is 1. The summed E-state index contributed by atoms with van der Waals surface area (Å²) >= 11 is 0. The Bertz CT molecular complexity index is 1350. The molecule has 0 unspecified atom stereocenters. The van der Waals surface area contributed by atoms with E-state index in [2.05, 4.69) is 5.32 Å². The highest BCUT2D eigenvalue weighted by Gasteiger charge is 2.19. The van der Waals surface area contributed by atoms with Crippen LogP contribution in [0, 0.1) is 6.92 Å². The molecule has 3 N–H and O–H groups in total. The normalized spacial score (nSPS) is 11.4. The maximum Gasteiger partial charge on any atom is 0.256 e. The average Bonchev–Trinajstić information content (AvgIpc) is 2.73. The molecule has 0 aliphatic rings. The number of anilines is 1. The molecule has 0 fully saturated rings. The van der Waals surface area contributed by atoms with Crippen molar-refractivity contribution in [3.05, 3.63) is 90.0 Å². The van der Waals surface area contributed by atoms with Crippen molar-refractivity contribution in [2.75, 3.05) is 5.32 Å². The molecule has 0 bridgehead atoms. The van der Waals surface area contributed by atoms with Crippen LogP contribution in [0.1, 0.15) is 15.9 Å². The minimum Gasteiger partial charge on any atom is -0.322 e. The minimum atomic E-state index is -3.79. The summed E-state index contributed by atoms with van der Waals surface area (Å²) in [5.41, 5.74) is 4.13. The summed E-state index contributed by atoms with van der Waals surface area (Å²) in [7, 11) is -3.79. The van der Waals surface area contributed by atoms with Crippen molar-refractivity contribution in [2.45, 2.75) is 11.8 Å². The molecule has 1 amide bonds. The molecule has 7 heteroatoms. The van der Waals surface area contributed by atoms with E-state index in [1.165, 1.54) is 24.3 Å². The Labute approximate surface area is 174 Å². The van der Waals surface area contributed by atoms with Gasteiger partial charge in [0.25, 0.3) is 5.91 Å². The van der Waals surface area contributed by atoms with E-state index in [1.54, 1.807) is 0 Å². The number of aromatic nitrogens is 1. The molecule has 1 aromatic heterocycles. The molecule has 150 valence electrons. The second kappa shape index (κ2) is 7.70. The lowest BCUT2D eigenvalue weighted by molar-refractivity contribution is 0.102. The molecule has 0 aliphatic heterocycles. The van der Waals surface area contributed by atoms with Gasteiger partial charge in [-0.3, -0.25) is 4.79 Å². The predicted molar refractivity (Wildman–Crippen MR) is 118 cm³/mol. The smallest absolute Gasteiger partial charge is 0.256 e. The van der Waals surface area contributed by atoms with Crippen LogP contribution in [0.4, 0.5) is 5.69 Å². The number of benzene rings is 3. The molecule has 0 saturated carbocycles. The van der Waals surface area contributed by atoms with Gasteiger partial charge in [-0.1, -0.05) is 48.5 Å². The lowest BCUT2D eigenvalue weighted by Gasteiger charge is -2.15. The number of pyridine rings is 1. The predicted octanol–water partition coefficient (Wildman–Crippen LogP) is 4.11. The molecule has 0 aliphatic carbocycles. The highest BCUT2D eigenvalue weighted by atomic mass is 32.2. The number of hydrogen-bond acceptors (Lipinski definition) is 4. The first-order chi connectivity index (χ1) is 14.3. The van der Waals surface area contributed by atoms with Crippen LogP contribution >= 0.6 is 0 Å². The van der Waals surface area contributed by atoms with E-state index in [9.17, 15) is 13.2 Å². The van der Waals surface area contributed by atoms with Crippen molar-refractivity contribution in [2.24, 2.45) is 5.14 Å². The second-order valence-electron chi connectivity index (χ2n) is 6.87. The molecule has 4 aromatic rings. The van der Waals surface area contributed by atoms with Gasteiger partial charge in [0.2, 0.25) is 10.0 Å². The maximum absolute atomic E-state index is 13.2. The maximum atomic E-state index is 13.2. The topological polar surface area (TPSA) is 102 Å². The number of fused-ring (bicyclic) bond motifs is 1. The van der Waals surface area contributed by atoms with Crippen LogP contribution in [-0.4, -0.2) is 19.3 Å². The van der Waals surface area contributed by atoms with E-state index in [0.29, 0.717) is 11.3 Å². The quantitative estimate of drug-likeness (QED) is 0.522. The van der Waals surface area contributed by atoms with Crippen LogP contribution in [-0.2, 0) is 10.0 Å². The number of carbonyl (C=O) groups is 1. The summed E-state index contributed by atoms with van der Waals surface area (Å²) in [6.45, 7) is 1.88. The van der Waals surface area contributed by atoms with Crippen molar-refractivity contribution in [1.29, 1.82) is 0 Å². The molecule has 3 aromatic carbocycles. The van der Waals surface area contributed by atoms with Crippen LogP contribution < -0.4 is 10.5 Å². The molecule has 30 heavy (non-hydrogen) atoms. The third-order valence-corrected chi connectivity index (χ3v) is 5.78. The van der Waals surface area contributed by atoms with Gasteiger partial charge in [0.15, 0.2) is 0 Å². The Morgan fingerprint density at radius 3 is 2.20 bits per heavy atom. The van der Waals surface area contributed by atoms with Gasteiger partial charge in [-0.05, 0) is 42.8 Å². The summed E-state index contributed by atoms with van der Waals surface area (Å²) in [6, 6.07) is 22.9. The first-order valence-electron chi connectivity index (χ1n) is 9.23. The van der Waals surface area contributed by atoms with Gasteiger partial charge in [-0.25, -0.2) is 18.5 Å². The van der Waals surface area contributed by atoms with Crippen LogP contribution in [0.2, 0.25) is 0 Å². The summed E-state index contributed by atoms with van der Waals surface area (Å²) in [4.78, 5) is 18.0. The van der Waals surface area contributed by atoms with E-state index in [1.807, 2.05) is 61.5 Å². The zero-order valence-corrected chi connectivity index (χ0v) is 17.0. The van der Waals surface area contributed by atoms with Gasteiger partial charge in [0.05, 0.1) is 21.7 Å². The molecule has 0 saturated heterocycles. The zero-order chi connectivity index (χ0) is 21.3. The Morgan fingerprint density at radius 1 is 0.900 bits per heavy atom. The standard InChI is InChI=1S/C23H19N3O3S/c1-15-21(23(27)25-17-11-13-18(14-12-17)30(24,28)29)19-9-5-6-10-20(19)26-22(15)16-7-3-2-4-8-16/h2-14H,1H3,(H,25,27)(H2,24,28,29). The third-order valence-electron chi connectivity index (χ3n) is 4.85. The van der Waals surface area contributed by atoms with Gasteiger partial charge < -0.3 is 5.32 Å². The monoisotopic (exact) mass is 417 g/mol. The van der Waals surface area contributed by atoms with Gasteiger partial charge >= 0.3 is 0 Å². The summed E-state index contributed by atoms with van der Waals surface area (Å²) in [5, 5.41) is 8.72. The van der Waals surface area contributed by atoms with E-state index >= 15 is 0 Å².